The molecule has 1 aliphatic rings. The van der Waals surface area contributed by atoms with E-state index in [9.17, 15) is 13.2 Å². The van der Waals surface area contributed by atoms with E-state index >= 15 is 0 Å². The molecule has 1 fully saturated rings. The Morgan fingerprint density at radius 2 is 1.91 bits per heavy atom. The van der Waals surface area contributed by atoms with E-state index < -0.39 is 9.84 Å². The lowest BCUT2D eigenvalue weighted by atomic mass is 10.2. The van der Waals surface area contributed by atoms with Gasteiger partial charge < -0.3 is 14.5 Å². The van der Waals surface area contributed by atoms with Gasteiger partial charge in [0.25, 0.3) is 0 Å². The Kier molecular flexibility index (Phi) is 7.20. The van der Waals surface area contributed by atoms with Gasteiger partial charge in [-0.15, -0.1) is 0 Å². The van der Waals surface area contributed by atoms with Crippen molar-refractivity contribution in [3.8, 4) is 11.5 Å². The average Bonchev–Trinajstić information content (AvgIpc) is 3.47. The van der Waals surface area contributed by atoms with Gasteiger partial charge in [-0.25, -0.2) is 8.42 Å². The van der Waals surface area contributed by atoms with Crippen LogP contribution in [0.1, 0.15) is 12.8 Å². The number of aromatic nitrogens is 1. The number of oxazole rings is 1. The minimum atomic E-state index is -3.98. The van der Waals surface area contributed by atoms with E-state index in [0.717, 1.165) is 24.6 Å². The molecular formula is C22H21ClN2O5S2. The maximum atomic E-state index is 13.3. The van der Waals surface area contributed by atoms with Gasteiger partial charge in [0.15, 0.2) is 0 Å². The average molecular weight is 493 g/mol. The Bertz CT molecular complexity index is 1170. The SMILES string of the molecule is O=C(CSc1oc(-c2ccccc2)nc1S(=O)(=O)c1ccc(Cl)cc1)NC[C@H]1CCCO1. The minimum Gasteiger partial charge on any atom is -0.428 e. The summed E-state index contributed by atoms with van der Waals surface area (Å²) in [5.74, 6) is -0.0855. The molecule has 1 atom stereocenters. The molecule has 2 heterocycles. The number of ether oxygens (including phenoxy) is 1. The van der Waals surface area contributed by atoms with E-state index in [2.05, 4.69) is 10.3 Å². The lowest BCUT2D eigenvalue weighted by molar-refractivity contribution is -0.119. The number of sulfone groups is 1. The summed E-state index contributed by atoms with van der Waals surface area (Å²) in [6, 6.07) is 14.8. The van der Waals surface area contributed by atoms with Crippen molar-refractivity contribution in [3.05, 3.63) is 59.6 Å². The van der Waals surface area contributed by atoms with Crippen LogP contribution in [0.25, 0.3) is 11.5 Å². The first-order valence-corrected chi connectivity index (χ1v) is 12.9. The Morgan fingerprint density at radius 3 is 2.59 bits per heavy atom. The predicted molar refractivity (Wildman–Crippen MR) is 122 cm³/mol. The topological polar surface area (TPSA) is 98.5 Å². The molecule has 4 rings (SSSR count). The Labute approximate surface area is 195 Å². The fourth-order valence-corrected chi connectivity index (χ4v) is 5.68. The zero-order valence-corrected chi connectivity index (χ0v) is 19.4. The molecule has 1 amide bonds. The molecule has 3 aromatic rings. The number of rotatable bonds is 8. The maximum absolute atomic E-state index is 13.3. The summed E-state index contributed by atoms with van der Waals surface area (Å²) in [6.45, 7) is 1.14. The van der Waals surface area contributed by atoms with Crippen LogP contribution in [0, 0.1) is 0 Å². The van der Waals surface area contributed by atoms with Crippen LogP contribution >= 0.6 is 23.4 Å². The summed E-state index contributed by atoms with van der Waals surface area (Å²) < 4.78 is 37.8. The molecule has 168 valence electrons. The molecule has 32 heavy (non-hydrogen) atoms. The molecule has 1 aromatic heterocycles. The van der Waals surface area contributed by atoms with Gasteiger partial charge in [-0.2, -0.15) is 4.98 Å². The van der Waals surface area contributed by atoms with Gasteiger partial charge in [-0.1, -0.05) is 41.6 Å². The van der Waals surface area contributed by atoms with Crippen molar-refractivity contribution < 1.29 is 22.4 Å². The maximum Gasteiger partial charge on any atom is 0.230 e. The molecule has 1 saturated heterocycles. The normalized spacial score (nSPS) is 16.2. The van der Waals surface area contributed by atoms with Gasteiger partial charge in [-0.3, -0.25) is 4.79 Å². The standard InChI is InChI=1S/C22H21ClN2O5S2/c23-16-8-10-18(11-9-16)32(27,28)21-22(30-20(25-21)15-5-2-1-3-6-15)31-14-19(26)24-13-17-7-4-12-29-17/h1-3,5-6,8-11,17H,4,7,12-14H2,(H,24,26)/t17-/m1/s1. The lowest BCUT2D eigenvalue weighted by Crippen LogP contribution is -2.32. The summed E-state index contributed by atoms with van der Waals surface area (Å²) >= 11 is 6.89. The van der Waals surface area contributed by atoms with Crippen molar-refractivity contribution in [2.45, 2.75) is 34.0 Å². The fourth-order valence-electron chi connectivity index (χ4n) is 3.20. The van der Waals surface area contributed by atoms with Crippen molar-refractivity contribution in [2.75, 3.05) is 18.9 Å². The van der Waals surface area contributed by atoms with Crippen LogP contribution in [-0.2, 0) is 19.4 Å². The molecule has 2 aromatic carbocycles. The molecule has 0 unspecified atom stereocenters. The van der Waals surface area contributed by atoms with Crippen molar-refractivity contribution >= 4 is 39.1 Å². The number of hydrogen-bond acceptors (Lipinski definition) is 7. The first kappa shape index (κ1) is 22.8. The highest BCUT2D eigenvalue weighted by molar-refractivity contribution is 8.00. The summed E-state index contributed by atoms with van der Waals surface area (Å²) in [5, 5.41) is 3.08. The van der Waals surface area contributed by atoms with E-state index in [-0.39, 0.29) is 38.7 Å². The van der Waals surface area contributed by atoms with Crippen LogP contribution in [0.3, 0.4) is 0 Å². The van der Waals surface area contributed by atoms with Gasteiger partial charge in [0.05, 0.1) is 16.8 Å². The molecule has 0 saturated carbocycles. The van der Waals surface area contributed by atoms with Crippen LogP contribution < -0.4 is 5.32 Å². The van der Waals surface area contributed by atoms with E-state index in [4.69, 9.17) is 20.8 Å². The van der Waals surface area contributed by atoms with E-state index in [1.807, 2.05) is 6.07 Å². The highest BCUT2D eigenvalue weighted by Crippen LogP contribution is 2.35. The number of nitrogens with one attached hydrogen (secondary N) is 1. The second-order valence-corrected chi connectivity index (χ2v) is 10.4. The number of nitrogens with zero attached hydrogens (tertiary/aromatic N) is 1. The Morgan fingerprint density at radius 1 is 1.16 bits per heavy atom. The van der Waals surface area contributed by atoms with Gasteiger partial charge in [0.1, 0.15) is 0 Å². The summed E-state index contributed by atoms with van der Waals surface area (Å²) in [4.78, 5) is 16.6. The number of amides is 1. The van der Waals surface area contributed by atoms with Crippen LogP contribution in [0.5, 0.6) is 0 Å². The highest BCUT2D eigenvalue weighted by Gasteiger charge is 2.29. The largest absolute Gasteiger partial charge is 0.428 e. The van der Waals surface area contributed by atoms with E-state index in [0.29, 0.717) is 23.7 Å². The predicted octanol–water partition coefficient (Wildman–Crippen LogP) is 4.22. The molecule has 0 aliphatic carbocycles. The van der Waals surface area contributed by atoms with Crippen molar-refractivity contribution in [1.29, 1.82) is 0 Å². The second kappa shape index (κ2) is 10.1. The van der Waals surface area contributed by atoms with Crippen molar-refractivity contribution in [2.24, 2.45) is 0 Å². The molecular weight excluding hydrogens is 472 g/mol. The summed E-state index contributed by atoms with van der Waals surface area (Å²) in [6.07, 6.45) is 1.93. The molecule has 1 N–H and O–H groups in total. The van der Waals surface area contributed by atoms with Crippen molar-refractivity contribution in [1.82, 2.24) is 10.3 Å². The van der Waals surface area contributed by atoms with Crippen LogP contribution in [0.4, 0.5) is 0 Å². The molecule has 7 nitrogen and oxygen atoms in total. The van der Waals surface area contributed by atoms with Crippen molar-refractivity contribution in [3.63, 3.8) is 0 Å². The van der Waals surface area contributed by atoms with Gasteiger partial charge in [0, 0.05) is 23.7 Å². The van der Waals surface area contributed by atoms with Crippen LogP contribution in [0.15, 0.2) is 74.0 Å². The zero-order valence-electron chi connectivity index (χ0n) is 17.0. The third kappa shape index (κ3) is 5.35. The second-order valence-electron chi connectivity index (χ2n) is 7.16. The molecule has 0 radical (unpaired) electrons. The van der Waals surface area contributed by atoms with Gasteiger partial charge in [0.2, 0.25) is 31.8 Å². The Hall–Kier alpha value is -2.33. The Balaban J connectivity index is 1.57. The zero-order chi connectivity index (χ0) is 22.6. The first-order chi connectivity index (χ1) is 15.4. The quantitative estimate of drug-likeness (QED) is 0.470. The van der Waals surface area contributed by atoms with Gasteiger partial charge in [-0.05, 0) is 49.2 Å². The summed E-state index contributed by atoms with van der Waals surface area (Å²) in [7, 11) is -3.98. The van der Waals surface area contributed by atoms with Gasteiger partial charge >= 0.3 is 0 Å². The number of benzene rings is 2. The molecule has 0 spiro atoms. The molecule has 1 aliphatic heterocycles. The number of carbonyl (C=O) groups is 1. The number of halogens is 1. The number of hydrogen-bond donors (Lipinski definition) is 1. The molecule has 10 heteroatoms. The summed E-state index contributed by atoms with van der Waals surface area (Å²) in [5.41, 5.74) is 0.634. The fraction of sp³-hybridized carbons (Fsp3) is 0.273. The smallest absolute Gasteiger partial charge is 0.230 e. The van der Waals surface area contributed by atoms with E-state index in [1.165, 1.54) is 24.3 Å². The number of thioether (sulfide) groups is 1. The third-order valence-corrected chi connectivity index (χ3v) is 7.86. The van der Waals surface area contributed by atoms with E-state index in [1.54, 1.807) is 24.3 Å². The molecule has 0 bridgehead atoms. The number of carbonyl (C=O) groups excluding carboxylic acids is 1. The van der Waals surface area contributed by atoms with Crippen LogP contribution in [-0.4, -0.2) is 44.3 Å². The first-order valence-electron chi connectivity index (χ1n) is 10.0. The van der Waals surface area contributed by atoms with Crippen LogP contribution in [0.2, 0.25) is 5.02 Å². The lowest BCUT2D eigenvalue weighted by Gasteiger charge is -2.10. The monoisotopic (exact) mass is 492 g/mol. The highest BCUT2D eigenvalue weighted by atomic mass is 35.5. The third-order valence-electron chi connectivity index (χ3n) is 4.85. The minimum absolute atomic E-state index is 0.0146.